The average Bonchev–Trinajstić information content (AvgIpc) is 3.58. The van der Waals surface area contributed by atoms with E-state index in [0.717, 1.165) is 40.2 Å². The van der Waals surface area contributed by atoms with E-state index in [-0.39, 0.29) is 34.6 Å². The second-order valence-electron chi connectivity index (χ2n) is 10.00. The van der Waals surface area contributed by atoms with Crippen LogP contribution in [0.3, 0.4) is 0 Å². The predicted molar refractivity (Wildman–Crippen MR) is 142 cm³/mol. The van der Waals surface area contributed by atoms with E-state index in [1.54, 1.807) is 28.6 Å². The highest BCUT2D eigenvalue weighted by Gasteiger charge is 2.45. The summed E-state index contributed by atoms with van der Waals surface area (Å²) in [5, 5.41) is 14.6. The molecule has 6 heterocycles. The Hall–Kier alpha value is -3.42. The molecule has 0 aromatic carbocycles. The molecule has 11 nitrogen and oxygen atoms in total. The Morgan fingerprint density at radius 3 is 2.47 bits per heavy atom. The number of aromatic nitrogens is 5. The number of nitrogen functional groups attached to an aromatic ring is 1. The molecule has 0 spiro atoms. The first-order chi connectivity index (χ1) is 18.2. The van der Waals surface area contributed by atoms with Gasteiger partial charge in [0.2, 0.25) is 5.91 Å². The number of pyridine rings is 1. The molecular weight excluding hydrogens is 526 g/mol. The lowest BCUT2D eigenvalue weighted by molar-refractivity contribution is -0.138. The van der Waals surface area contributed by atoms with Crippen molar-refractivity contribution in [2.75, 3.05) is 18.6 Å². The maximum absolute atomic E-state index is 12.9. The monoisotopic (exact) mass is 553 g/mol. The van der Waals surface area contributed by atoms with Crippen LogP contribution in [0.5, 0.6) is 0 Å². The Morgan fingerprint density at radius 1 is 1.16 bits per heavy atom. The third-order valence-electron chi connectivity index (χ3n) is 7.49. The van der Waals surface area contributed by atoms with Crippen molar-refractivity contribution in [3.05, 3.63) is 41.3 Å². The lowest BCUT2D eigenvalue weighted by Gasteiger charge is -2.39. The van der Waals surface area contributed by atoms with Gasteiger partial charge in [0.25, 0.3) is 0 Å². The summed E-state index contributed by atoms with van der Waals surface area (Å²) in [6, 6.07) is 3.66. The fraction of sp³-hybridized carbons (Fsp3) is 0.400. The van der Waals surface area contributed by atoms with Crippen molar-refractivity contribution >= 4 is 38.5 Å². The Balaban J connectivity index is 1.44. The fourth-order valence-corrected chi connectivity index (χ4v) is 7.72. The van der Waals surface area contributed by atoms with Gasteiger partial charge in [0.05, 0.1) is 17.6 Å². The number of nitrogens with zero attached hydrogens (tertiary/aromatic N) is 6. The number of amides is 1. The van der Waals surface area contributed by atoms with Crippen LogP contribution in [-0.2, 0) is 14.6 Å². The molecule has 0 radical (unpaired) electrons. The van der Waals surface area contributed by atoms with Gasteiger partial charge in [-0.15, -0.1) is 11.3 Å². The molecule has 2 aliphatic rings. The Morgan fingerprint density at radius 2 is 1.89 bits per heavy atom. The number of aliphatic hydroxyl groups is 1. The number of thiazole rings is 1. The van der Waals surface area contributed by atoms with E-state index in [9.17, 15) is 18.3 Å². The molecule has 0 saturated carbocycles. The smallest absolute Gasteiger partial charge is 0.248 e. The van der Waals surface area contributed by atoms with E-state index in [1.807, 2.05) is 25.3 Å². The number of hydrogen-bond donors (Lipinski definition) is 2. The predicted octanol–water partition coefficient (Wildman–Crippen LogP) is 2.44. The highest BCUT2D eigenvalue weighted by Crippen LogP contribution is 2.45. The molecule has 2 unspecified atom stereocenters. The minimum atomic E-state index is -3.73. The molecular formula is C25H27N7O4S2. The molecule has 3 N–H and O–H groups in total. The number of fused-ring (bicyclic) bond motifs is 3. The number of piperidine rings is 1. The Bertz CT molecular complexity index is 1650. The number of aliphatic hydroxyl groups excluding tert-OH is 1. The number of rotatable bonds is 5. The lowest BCUT2D eigenvalue weighted by atomic mass is 9.87. The maximum Gasteiger partial charge on any atom is 0.248 e. The van der Waals surface area contributed by atoms with Crippen LogP contribution < -0.4 is 5.73 Å². The Labute approximate surface area is 223 Å². The van der Waals surface area contributed by atoms with Gasteiger partial charge in [-0.3, -0.25) is 9.78 Å². The average molecular weight is 554 g/mol. The van der Waals surface area contributed by atoms with Crippen molar-refractivity contribution in [2.24, 2.45) is 0 Å². The first-order valence-corrected chi connectivity index (χ1v) is 15.0. The number of carbonyl (C=O) groups is 1. The van der Waals surface area contributed by atoms with Gasteiger partial charge >= 0.3 is 0 Å². The number of sulfone groups is 1. The number of nitrogens with two attached hydrogens (primary N) is 1. The zero-order valence-electron chi connectivity index (χ0n) is 20.9. The largest absolute Gasteiger partial charge is 0.387 e. The lowest BCUT2D eigenvalue weighted by Crippen LogP contribution is -2.47. The highest BCUT2D eigenvalue weighted by molar-refractivity contribution is 7.91. The van der Waals surface area contributed by atoms with Gasteiger partial charge in [0.15, 0.2) is 15.5 Å². The fourth-order valence-electron chi connectivity index (χ4n) is 5.92. The normalized spacial score (nSPS) is 21.3. The minimum Gasteiger partial charge on any atom is -0.387 e. The molecule has 13 heteroatoms. The molecule has 38 heavy (non-hydrogen) atoms. The molecule has 2 fully saturated rings. The van der Waals surface area contributed by atoms with Gasteiger partial charge in [-0.25, -0.2) is 18.4 Å². The van der Waals surface area contributed by atoms with Crippen LogP contribution in [0.1, 0.15) is 42.2 Å². The van der Waals surface area contributed by atoms with E-state index < -0.39 is 16.4 Å². The van der Waals surface area contributed by atoms with Crippen LogP contribution in [0, 0.1) is 6.92 Å². The maximum atomic E-state index is 12.9. The number of anilines is 1. The van der Waals surface area contributed by atoms with E-state index in [1.165, 1.54) is 4.52 Å². The highest BCUT2D eigenvalue weighted by atomic mass is 32.2. The van der Waals surface area contributed by atoms with Crippen LogP contribution in [0.15, 0.2) is 35.6 Å². The van der Waals surface area contributed by atoms with Crippen molar-refractivity contribution in [3.8, 4) is 21.8 Å². The van der Waals surface area contributed by atoms with Gasteiger partial charge in [0.1, 0.15) is 22.3 Å². The molecule has 4 aromatic rings. The van der Waals surface area contributed by atoms with Gasteiger partial charge in [-0.05, 0) is 38.7 Å². The molecule has 2 saturated heterocycles. The summed E-state index contributed by atoms with van der Waals surface area (Å²) in [5.41, 5.74) is 9.52. The van der Waals surface area contributed by atoms with E-state index >= 15 is 0 Å². The first kappa shape index (κ1) is 24.9. The van der Waals surface area contributed by atoms with Gasteiger partial charge in [-0.1, -0.05) is 6.07 Å². The van der Waals surface area contributed by atoms with Crippen LogP contribution in [0.4, 0.5) is 5.82 Å². The molecule has 2 atom stereocenters. The molecule has 0 aliphatic carbocycles. The zero-order chi connectivity index (χ0) is 26.8. The molecule has 2 aliphatic heterocycles. The third kappa shape index (κ3) is 4.05. The van der Waals surface area contributed by atoms with Crippen LogP contribution in [0.2, 0.25) is 0 Å². The SMILES string of the molecule is Cc1cnc(-c2ccc(-c3cnn4c(N)c(S(C)(=O)=O)c(C5CC6CCC(C5)N6C(=O)CO)nc34)cn2)s1. The van der Waals surface area contributed by atoms with Crippen molar-refractivity contribution < 1.29 is 18.3 Å². The van der Waals surface area contributed by atoms with Crippen LogP contribution in [-0.4, -0.2) is 73.8 Å². The first-order valence-electron chi connectivity index (χ1n) is 12.3. The van der Waals surface area contributed by atoms with Crippen molar-refractivity contribution in [3.63, 3.8) is 0 Å². The summed E-state index contributed by atoms with van der Waals surface area (Å²) in [5.74, 6) is -0.476. The van der Waals surface area contributed by atoms with Gasteiger partial charge in [-0.2, -0.15) is 9.61 Å². The zero-order valence-corrected chi connectivity index (χ0v) is 22.5. The summed E-state index contributed by atoms with van der Waals surface area (Å²) in [6.07, 6.45) is 9.02. The minimum absolute atomic E-state index is 0.0152. The molecule has 198 valence electrons. The van der Waals surface area contributed by atoms with E-state index in [0.29, 0.717) is 29.7 Å². The summed E-state index contributed by atoms with van der Waals surface area (Å²) in [7, 11) is -3.73. The standard InChI is InChI=1S/C25H27N7O4S2/c1-13-9-28-25(37-13)19-6-3-14(10-27-19)18-11-29-32-23(26)22(38(2,35)36)21(30-24(18)32)15-7-16-4-5-17(8-15)31(16)20(34)12-33/h3,6,9-11,15-17,33H,4-5,7-8,12,26H2,1-2H3. The number of hydrogen-bond acceptors (Lipinski definition) is 10. The summed E-state index contributed by atoms with van der Waals surface area (Å²) >= 11 is 1.56. The quantitative estimate of drug-likeness (QED) is 0.379. The van der Waals surface area contributed by atoms with Gasteiger partial charge in [0, 0.05) is 52.7 Å². The third-order valence-corrected chi connectivity index (χ3v) is 9.59. The topological polar surface area (TPSA) is 157 Å². The van der Waals surface area contributed by atoms with Gasteiger partial charge < -0.3 is 15.7 Å². The summed E-state index contributed by atoms with van der Waals surface area (Å²) < 4.78 is 27.2. The molecule has 1 amide bonds. The summed E-state index contributed by atoms with van der Waals surface area (Å²) in [6.45, 7) is 1.46. The van der Waals surface area contributed by atoms with E-state index in [2.05, 4.69) is 15.1 Å². The summed E-state index contributed by atoms with van der Waals surface area (Å²) in [4.78, 5) is 29.0. The van der Waals surface area contributed by atoms with Crippen molar-refractivity contribution in [1.82, 2.24) is 29.5 Å². The second-order valence-corrected chi connectivity index (χ2v) is 13.2. The Kier molecular flexibility index (Phi) is 5.96. The number of aryl methyl sites for hydroxylation is 1. The number of carbonyl (C=O) groups excluding carboxylic acids is 1. The molecule has 2 bridgehead atoms. The van der Waals surface area contributed by atoms with Crippen LogP contribution in [0.25, 0.3) is 27.5 Å². The second kappa shape index (κ2) is 9.10. The van der Waals surface area contributed by atoms with Crippen LogP contribution >= 0.6 is 11.3 Å². The van der Waals surface area contributed by atoms with E-state index in [4.69, 9.17) is 10.7 Å². The molecule has 4 aromatic heterocycles. The van der Waals surface area contributed by atoms with Crippen molar-refractivity contribution in [1.29, 1.82) is 0 Å². The molecule has 6 rings (SSSR count). The van der Waals surface area contributed by atoms with Crippen molar-refractivity contribution in [2.45, 2.75) is 55.5 Å².